The quantitative estimate of drug-likeness (QED) is 0.272. The third-order valence-corrected chi connectivity index (χ3v) is 10.3. The zero-order valence-corrected chi connectivity index (χ0v) is 17.6. The molecule has 0 aliphatic heterocycles. The van der Waals surface area contributed by atoms with Crippen LogP contribution in [0.25, 0.3) is 0 Å². The molecule has 0 aromatic heterocycles. The van der Waals surface area contributed by atoms with Gasteiger partial charge in [0.1, 0.15) is 0 Å². The Morgan fingerprint density at radius 3 is 1.32 bits per heavy atom. The van der Waals surface area contributed by atoms with Crippen LogP contribution >= 0.6 is 0 Å². The summed E-state index contributed by atoms with van der Waals surface area (Å²) in [6.45, 7) is 5.59. The fourth-order valence-corrected chi connectivity index (χ4v) is 8.67. The molecule has 0 bridgehead atoms. The van der Waals surface area contributed by atoms with Gasteiger partial charge in [-0.3, -0.25) is 0 Å². The van der Waals surface area contributed by atoms with E-state index in [4.69, 9.17) is 18.7 Å². The van der Waals surface area contributed by atoms with Gasteiger partial charge < -0.3 is 0 Å². The Hall–Kier alpha value is -1.85. The first-order chi connectivity index (χ1) is 11.5. The molecule has 25 heavy (non-hydrogen) atoms. The molecular formula is C14H22O10Sn. The number of hydrogen-bond acceptors (Lipinski definition) is 10. The van der Waals surface area contributed by atoms with Gasteiger partial charge in [0.15, 0.2) is 0 Å². The van der Waals surface area contributed by atoms with E-state index in [1.54, 1.807) is 0 Å². The first kappa shape index (κ1) is 23.1. The summed E-state index contributed by atoms with van der Waals surface area (Å²) >= 11 is -4.84. The molecule has 0 fully saturated rings. The molecule has 11 heteroatoms. The Labute approximate surface area is 150 Å². The van der Waals surface area contributed by atoms with E-state index in [2.05, 4.69) is 0 Å². The normalized spacial score (nSPS) is 10.6. The van der Waals surface area contributed by atoms with Crippen molar-refractivity contribution in [2.75, 3.05) is 0 Å². The topological polar surface area (TPSA) is 132 Å². The van der Waals surface area contributed by atoms with E-state index in [1.807, 2.05) is 0 Å². The molecule has 0 aliphatic rings. The number of ether oxygens (including phenoxy) is 2. The molecule has 0 aliphatic carbocycles. The Morgan fingerprint density at radius 1 is 0.680 bits per heavy atom. The van der Waals surface area contributed by atoms with E-state index >= 15 is 0 Å². The van der Waals surface area contributed by atoms with Crippen LogP contribution in [0.4, 0.5) is 0 Å². The summed E-state index contributed by atoms with van der Waals surface area (Å²) in [6.07, 6.45) is -0.956. The Balaban J connectivity index is 5.10. The van der Waals surface area contributed by atoms with Gasteiger partial charge in [0.25, 0.3) is 0 Å². The second kappa shape index (κ2) is 10.9. The molecule has 0 unspecified atom stereocenters. The van der Waals surface area contributed by atoms with Crippen LogP contribution in [-0.2, 0) is 42.7 Å². The van der Waals surface area contributed by atoms with Crippen LogP contribution in [0.5, 0.6) is 0 Å². The van der Waals surface area contributed by atoms with Crippen LogP contribution in [0.2, 0.25) is 4.44 Å². The standard InChI is InChI=1S/C8H13O4.3C2H4O2.Sn/c1-4-5-8(11-6(2)9)12-7(3)10;3*1-2(3)4;/h8H,1,4-5H2,2-3H3;3*1H3,(H,3,4);/q;;;;+3/p-3. The molecule has 0 saturated heterocycles. The van der Waals surface area contributed by atoms with Gasteiger partial charge in [-0.2, -0.15) is 0 Å². The van der Waals surface area contributed by atoms with Crippen molar-refractivity contribution in [3.8, 4) is 0 Å². The summed E-state index contributed by atoms with van der Waals surface area (Å²) in [5.41, 5.74) is 0. The molecule has 0 aromatic carbocycles. The van der Waals surface area contributed by atoms with Gasteiger partial charge in [0.05, 0.1) is 0 Å². The monoisotopic (exact) mass is 470 g/mol. The third-order valence-electron chi connectivity index (χ3n) is 2.42. The average molecular weight is 469 g/mol. The van der Waals surface area contributed by atoms with Crippen LogP contribution in [0, 0.1) is 0 Å². The van der Waals surface area contributed by atoms with Crippen molar-refractivity contribution in [2.24, 2.45) is 0 Å². The van der Waals surface area contributed by atoms with Gasteiger partial charge in [-0.1, -0.05) is 0 Å². The molecule has 142 valence electrons. The van der Waals surface area contributed by atoms with Crippen molar-refractivity contribution < 1.29 is 42.7 Å². The van der Waals surface area contributed by atoms with E-state index in [-0.39, 0.29) is 17.3 Å². The van der Waals surface area contributed by atoms with E-state index in [0.29, 0.717) is 0 Å². The predicted octanol–water partition coefficient (Wildman–Crippen LogP) is 0.847. The number of carbonyl (C=O) groups is 5. The number of esters is 2. The molecule has 0 amide bonds. The molecular weight excluding hydrogens is 447 g/mol. The Bertz CT molecular complexity index is 473. The van der Waals surface area contributed by atoms with Gasteiger partial charge in [0, 0.05) is 0 Å². The van der Waals surface area contributed by atoms with Gasteiger partial charge in [0.2, 0.25) is 0 Å². The first-order valence-corrected chi connectivity index (χ1v) is 12.9. The zero-order valence-electron chi connectivity index (χ0n) is 14.8. The van der Waals surface area contributed by atoms with Crippen LogP contribution < -0.4 is 0 Å². The summed E-state index contributed by atoms with van der Waals surface area (Å²) in [7, 11) is 0. The van der Waals surface area contributed by atoms with Gasteiger partial charge in [-0.25, -0.2) is 0 Å². The maximum absolute atomic E-state index is 11.3. The number of hydrogen-bond donors (Lipinski definition) is 0. The van der Waals surface area contributed by atoms with Crippen molar-refractivity contribution in [3.63, 3.8) is 0 Å². The summed E-state index contributed by atoms with van der Waals surface area (Å²) in [6, 6.07) is 0. The van der Waals surface area contributed by atoms with E-state index in [1.165, 1.54) is 0 Å². The summed E-state index contributed by atoms with van der Waals surface area (Å²) in [4.78, 5) is 56.0. The molecule has 0 atom stereocenters. The summed E-state index contributed by atoms with van der Waals surface area (Å²) in [5, 5.41) is 0. The summed E-state index contributed by atoms with van der Waals surface area (Å²) < 4.78 is 24.8. The SMILES string of the molecule is CC(=O)OC(CC[CH2][Sn]([O]C(C)=O)([O]C(C)=O)[O]C(C)=O)OC(C)=O. The molecule has 0 heterocycles. The van der Waals surface area contributed by atoms with Crippen LogP contribution in [0.15, 0.2) is 0 Å². The Kier molecular flexibility index (Phi) is 10.1. The minimum absolute atomic E-state index is 0.0433. The molecule has 0 radical (unpaired) electrons. The first-order valence-electron chi connectivity index (χ1n) is 7.39. The Morgan fingerprint density at radius 2 is 1.04 bits per heavy atom. The summed E-state index contributed by atoms with van der Waals surface area (Å²) in [5.74, 6) is -3.57. The van der Waals surface area contributed by atoms with Crippen molar-refractivity contribution in [1.82, 2.24) is 0 Å². The molecule has 0 saturated carbocycles. The second-order valence-electron chi connectivity index (χ2n) is 5.00. The van der Waals surface area contributed by atoms with Gasteiger partial charge in [-0.05, 0) is 0 Å². The van der Waals surface area contributed by atoms with Crippen molar-refractivity contribution in [1.29, 1.82) is 0 Å². The predicted molar refractivity (Wildman–Crippen MR) is 82.4 cm³/mol. The molecule has 0 rings (SSSR count). The third kappa shape index (κ3) is 11.3. The van der Waals surface area contributed by atoms with Gasteiger partial charge in [-0.15, -0.1) is 0 Å². The fraction of sp³-hybridized carbons (Fsp3) is 0.643. The maximum atomic E-state index is 11.3. The van der Waals surface area contributed by atoms with Crippen LogP contribution in [0.3, 0.4) is 0 Å². The van der Waals surface area contributed by atoms with E-state index in [0.717, 1.165) is 34.6 Å². The molecule has 0 N–H and O–H groups in total. The fourth-order valence-electron chi connectivity index (χ4n) is 1.87. The van der Waals surface area contributed by atoms with E-state index in [9.17, 15) is 24.0 Å². The van der Waals surface area contributed by atoms with Crippen molar-refractivity contribution >= 4 is 49.5 Å². The average Bonchev–Trinajstić information content (AvgIpc) is 2.33. The minimum atomic E-state index is -4.84. The number of carbonyl (C=O) groups excluding carboxylic acids is 5. The van der Waals surface area contributed by atoms with E-state index < -0.39 is 55.8 Å². The van der Waals surface area contributed by atoms with Crippen LogP contribution in [-0.4, -0.2) is 55.8 Å². The molecule has 0 aromatic rings. The van der Waals surface area contributed by atoms with Crippen molar-refractivity contribution in [2.45, 2.75) is 58.2 Å². The van der Waals surface area contributed by atoms with Gasteiger partial charge >= 0.3 is 150 Å². The van der Waals surface area contributed by atoms with Crippen molar-refractivity contribution in [3.05, 3.63) is 0 Å². The molecule has 10 nitrogen and oxygen atoms in total. The van der Waals surface area contributed by atoms with Crippen LogP contribution in [0.1, 0.15) is 47.5 Å². The second-order valence-corrected chi connectivity index (χ2v) is 12.1. The zero-order chi connectivity index (χ0) is 19.6. The molecule has 0 spiro atoms. The number of rotatable bonds is 9.